The molecular formula is C10H16N2. The first-order valence-electron chi connectivity index (χ1n) is 4.86. The number of nitrogens with zero attached hydrogens (tertiary/aromatic N) is 2. The third kappa shape index (κ3) is 1.95. The van der Waals surface area contributed by atoms with Crippen LogP contribution in [0.25, 0.3) is 0 Å². The van der Waals surface area contributed by atoms with Gasteiger partial charge in [0.15, 0.2) is 0 Å². The average molecular weight is 164 g/mol. The maximum atomic E-state index is 4.08. The molecule has 0 aliphatic carbocycles. The van der Waals surface area contributed by atoms with E-state index in [2.05, 4.69) is 16.0 Å². The zero-order valence-corrected chi connectivity index (χ0v) is 7.45. The van der Waals surface area contributed by atoms with Crippen LogP contribution in [0.4, 0.5) is 0 Å². The number of rotatable bonds is 2. The fraction of sp³-hybridized carbons (Fsp3) is 0.700. The average Bonchev–Trinajstić information content (AvgIpc) is 2.59. The molecule has 0 bridgehead atoms. The van der Waals surface area contributed by atoms with Crippen molar-refractivity contribution in [2.24, 2.45) is 10.9 Å². The second-order valence-corrected chi connectivity index (χ2v) is 3.68. The third-order valence-electron chi connectivity index (χ3n) is 2.65. The SMILES string of the molecule is C1=CC(CN2CCCC2)CC=N1. The van der Waals surface area contributed by atoms with Gasteiger partial charge < -0.3 is 4.90 Å². The lowest BCUT2D eigenvalue weighted by Crippen LogP contribution is -2.26. The van der Waals surface area contributed by atoms with Gasteiger partial charge in [0, 0.05) is 19.0 Å². The van der Waals surface area contributed by atoms with Crippen LogP contribution < -0.4 is 0 Å². The molecule has 1 fully saturated rings. The molecule has 0 aromatic carbocycles. The van der Waals surface area contributed by atoms with E-state index in [1.807, 2.05) is 12.4 Å². The summed E-state index contributed by atoms with van der Waals surface area (Å²) in [6.07, 6.45) is 10.1. The van der Waals surface area contributed by atoms with E-state index in [4.69, 9.17) is 0 Å². The van der Waals surface area contributed by atoms with Crippen molar-refractivity contribution in [2.45, 2.75) is 19.3 Å². The van der Waals surface area contributed by atoms with Crippen molar-refractivity contribution in [1.82, 2.24) is 4.90 Å². The van der Waals surface area contributed by atoms with Crippen molar-refractivity contribution in [3.05, 3.63) is 12.3 Å². The number of hydrogen-bond acceptors (Lipinski definition) is 2. The fourth-order valence-corrected chi connectivity index (χ4v) is 1.94. The second kappa shape index (κ2) is 3.85. The molecule has 1 saturated heterocycles. The van der Waals surface area contributed by atoms with E-state index in [9.17, 15) is 0 Å². The van der Waals surface area contributed by atoms with Crippen molar-refractivity contribution in [2.75, 3.05) is 19.6 Å². The van der Waals surface area contributed by atoms with Crippen LogP contribution in [-0.4, -0.2) is 30.7 Å². The molecule has 0 aromatic heterocycles. The zero-order valence-electron chi connectivity index (χ0n) is 7.45. The van der Waals surface area contributed by atoms with E-state index in [0.717, 1.165) is 12.3 Å². The summed E-state index contributed by atoms with van der Waals surface area (Å²) in [6.45, 7) is 3.85. The molecule has 66 valence electrons. The Morgan fingerprint density at radius 2 is 2.17 bits per heavy atom. The Morgan fingerprint density at radius 1 is 1.33 bits per heavy atom. The molecule has 2 heteroatoms. The Bertz CT molecular complexity index is 190. The monoisotopic (exact) mass is 164 g/mol. The molecule has 2 aliphatic rings. The fourth-order valence-electron chi connectivity index (χ4n) is 1.94. The predicted molar refractivity (Wildman–Crippen MR) is 51.4 cm³/mol. The minimum absolute atomic E-state index is 0.723. The summed E-state index contributed by atoms with van der Waals surface area (Å²) in [5, 5.41) is 0. The first kappa shape index (κ1) is 7.99. The molecule has 0 radical (unpaired) electrons. The van der Waals surface area contributed by atoms with Gasteiger partial charge >= 0.3 is 0 Å². The first-order chi connectivity index (χ1) is 5.95. The molecule has 0 saturated carbocycles. The minimum Gasteiger partial charge on any atom is -0.303 e. The van der Waals surface area contributed by atoms with Crippen LogP contribution in [0, 0.1) is 5.92 Å². The van der Waals surface area contributed by atoms with Gasteiger partial charge in [-0.15, -0.1) is 0 Å². The van der Waals surface area contributed by atoms with Crippen LogP contribution in [0.1, 0.15) is 19.3 Å². The Hall–Kier alpha value is -0.630. The van der Waals surface area contributed by atoms with Gasteiger partial charge in [0.25, 0.3) is 0 Å². The quantitative estimate of drug-likeness (QED) is 0.606. The summed E-state index contributed by atoms with van der Waals surface area (Å²) in [7, 11) is 0. The summed E-state index contributed by atoms with van der Waals surface area (Å²) < 4.78 is 0. The minimum atomic E-state index is 0.723. The molecular weight excluding hydrogens is 148 g/mol. The molecule has 0 spiro atoms. The first-order valence-corrected chi connectivity index (χ1v) is 4.86. The van der Waals surface area contributed by atoms with E-state index >= 15 is 0 Å². The predicted octanol–water partition coefficient (Wildman–Crippen LogP) is 1.69. The van der Waals surface area contributed by atoms with E-state index in [1.165, 1.54) is 32.5 Å². The van der Waals surface area contributed by atoms with Gasteiger partial charge in [-0.05, 0) is 38.3 Å². The molecule has 2 aliphatic heterocycles. The summed E-state index contributed by atoms with van der Waals surface area (Å²) >= 11 is 0. The maximum absolute atomic E-state index is 4.08. The van der Waals surface area contributed by atoms with Gasteiger partial charge in [0.05, 0.1) is 0 Å². The van der Waals surface area contributed by atoms with Gasteiger partial charge in [-0.2, -0.15) is 0 Å². The highest BCUT2D eigenvalue weighted by Gasteiger charge is 2.15. The highest BCUT2D eigenvalue weighted by molar-refractivity contribution is 5.60. The zero-order chi connectivity index (χ0) is 8.23. The van der Waals surface area contributed by atoms with Gasteiger partial charge in [0.1, 0.15) is 0 Å². The second-order valence-electron chi connectivity index (χ2n) is 3.68. The third-order valence-corrected chi connectivity index (χ3v) is 2.65. The maximum Gasteiger partial charge on any atom is 0.0227 e. The Morgan fingerprint density at radius 3 is 2.83 bits per heavy atom. The standard InChI is InChI=1S/C10H16N2/c1-2-8-12(7-1)9-10-3-5-11-6-4-10/h3,5-6,10H,1-2,4,7-9H2. The van der Waals surface area contributed by atoms with Crippen molar-refractivity contribution < 1.29 is 0 Å². The van der Waals surface area contributed by atoms with Crippen molar-refractivity contribution >= 4 is 6.21 Å². The summed E-state index contributed by atoms with van der Waals surface area (Å²) in [6, 6.07) is 0. The highest BCUT2D eigenvalue weighted by Crippen LogP contribution is 2.14. The molecule has 0 amide bonds. The molecule has 1 atom stereocenters. The molecule has 0 N–H and O–H groups in total. The summed E-state index contributed by atoms with van der Waals surface area (Å²) in [5.74, 6) is 0.723. The van der Waals surface area contributed by atoms with Gasteiger partial charge in [-0.25, -0.2) is 0 Å². The van der Waals surface area contributed by atoms with Crippen LogP contribution in [-0.2, 0) is 0 Å². The van der Waals surface area contributed by atoms with Crippen molar-refractivity contribution in [3.8, 4) is 0 Å². The van der Waals surface area contributed by atoms with Gasteiger partial charge in [-0.3, -0.25) is 4.99 Å². The lowest BCUT2D eigenvalue weighted by molar-refractivity contribution is 0.305. The molecule has 2 rings (SSSR count). The summed E-state index contributed by atoms with van der Waals surface area (Å²) in [5.41, 5.74) is 0. The van der Waals surface area contributed by atoms with Crippen LogP contribution in [0.15, 0.2) is 17.3 Å². The van der Waals surface area contributed by atoms with Crippen molar-refractivity contribution in [1.29, 1.82) is 0 Å². The van der Waals surface area contributed by atoms with Gasteiger partial charge in [0.2, 0.25) is 0 Å². The number of likely N-dealkylation sites (tertiary alicyclic amines) is 1. The lowest BCUT2D eigenvalue weighted by atomic mass is 10.0. The molecule has 2 heterocycles. The van der Waals surface area contributed by atoms with E-state index in [-0.39, 0.29) is 0 Å². The van der Waals surface area contributed by atoms with Crippen molar-refractivity contribution in [3.63, 3.8) is 0 Å². The lowest BCUT2D eigenvalue weighted by Gasteiger charge is -2.20. The molecule has 12 heavy (non-hydrogen) atoms. The Labute approximate surface area is 74.0 Å². The van der Waals surface area contributed by atoms with E-state index in [1.54, 1.807) is 0 Å². The Kier molecular flexibility index (Phi) is 2.57. The molecule has 0 aromatic rings. The van der Waals surface area contributed by atoms with Gasteiger partial charge in [-0.1, -0.05) is 6.08 Å². The number of aliphatic imine (C=N–C) groups is 1. The van der Waals surface area contributed by atoms with Crippen LogP contribution >= 0.6 is 0 Å². The summed E-state index contributed by atoms with van der Waals surface area (Å²) in [4.78, 5) is 6.64. The molecule has 1 unspecified atom stereocenters. The largest absolute Gasteiger partial charge is 0.303 e. The van der Waals surface area contributed by atoms with E-state index < -0.39 is 0 Å². The van der Waals surface area contributed by atoms with Crippen LogP contribution in [0.5, 0.6) is 0 Å². The number of hydrogen-bond donors (Lipinski definition) is 0. The van der Waals surface area contributed by atoms with E-state index in [0.29, 0.717) is 0 Å². The smallest absolute Gasteiger partial charge is 0.0227 e. The van der Waals surface area contributed by atoms with Crippen LogP contribution in [0.3, 0.4) is 0 Å². The topological polar surface area (TPSA) is 15.6 Å². The Balaban J connectivity index is 1.78. The normalized spacial score (nSPS) is 29.8. The highest BCUT2D eigenvalue weighted by atomic mass is 15.1. The van der Waals surface area contributed by atoms with Crippen LogP contribution in [0.2, 0.25) is 0 Å². The molecule has 2 nitrogen and oxygen atoms in total.